The van der Waals surface area contributed by atoms with Crippen molar-refractivity contribution in [3.63, 3.8) is 0 Å². The van der Waals surface area contributed by atoms with Gasteiger partial charge in [-0.05, 0) is 43.6 Å². The second-order valence-corrected chi connectivity index (χ2v) is 5.16. The number of hydrogen-bond donors (Lipinski definition) is 1. The van der Waals surface area contributed by atoms with Crippen LogP contribution in [0.4, 0.5) is 0 Å². The molecule has 0 amide bonds. The molecule has 0 saturated heterocycles. The third kappa shape index (κ3) is 2.70. The summed E-state index contributed by atoms with van der Waals surface area (Å²) in [6.07, 6.45) is 10.3. The van der Waals surface area contributed by atoms with Crippen molar-refractivity contribution in [1.82, 2.24) is 0 Å². The Bertz CT molecular complexity index is 269. The maximum absolute atomic E-state index is 10.4. The van der Waals surface area contributed by atoms with E-state index in [0.29, 0.717) is 5.92 Å². The molecule has 0 spiro atoms. The summed E-state index contributed by atoms with van der Waals surface area (Å²) in [5.74, 6) is 0.459. The molecule has 0 aromatic carbocycles. The molecule has 0 aliphatic heterocycles. The van der Waals surface area contributed by atoms with E-state index < -0.39 is 0 Å². The zero-order valence-corrected chi connectivity index (χ0v) is 9.77. The highest BCUT2D eigenvalue weighted by molar-refractivity contribution is 5.14. The second kappa shape index (κ2) is 5.58. The summed E-state index contributed by atoms with van der Waals surface area (Å²) in [5.41, 5.74) is 1.16. The maximum atomic E-state index is 10.4. The summed E-state index contributed by atoms with van der Waals surface area (Å²) in [5, 5.41) is 13.4. The van der Waals surface area contributed by atoms with Gasteiger partial charge in [-0.1, -0.05) is 30.5 Å². The molecule has 1 N–H and O–H groups in total. The van der Waals surface area contributed by atoms with Gasteiger partial charge in [0, 0.05) is 0 Å². The van der Waals surface area contributed by atoms with E-state index in [1.807, 2.05) is 0 Å². The van der Waals surface area contributed by atoms with Crippen LogP contribution in [0.15, 0.2) is 16.8 Å². The van der Waals surface area contributed by atoms with E-state index in [2.05, 4.69) is 11.3 Å². The van der Waals surface area contributed by atoms with E-state index in [1.54, 1.807) is 0 Å². The monoisotopic (exact) mass is 223 g/mol. The average molecular weight is 223 g/mol. The van der Waals surface area contributed by atoms with Crippen molar-refractivity contribution in [2.24, 2.45) is 11.1 Å². The van der Waals surface area contributed by atoms with Crippen LogP contribution in [0.3, 0.4) is 0 Å². The van der Waals surface area contributed by atoms with Gasteiger partial charge < -0.3 is 5.11 Å². The van der Waals surface area contributed by atoms with Gasteiger partial charge in [-0.2, -0.15) is 4.91 Å². The standard InChI is InChI=1S/C13H21NO2/c15-13(10-4-2-1-3-5-10)11-6-8-12(14-16)9-7-11/h6,10,12-13,15H,1-5,7-9H2. The molecule has 2 aliphatic carbocycles. The SMILES string of the molecule is O=NC1CC=C(C(O)C2CCCCC2)CC1. The van der Waals surface area contributed by atoms with Crippen LogP contribution in [0.2, 0.25) is 0 Å². The molecule has 2 rings (SSSR count). The smallest absolute Gasteiger partial charge is 0.0957 e. The van der Waals surface area contributed by atoms with Crippen LogP contribution in [0.25, 0.3) is 0 Å². The van der Waals surface area contributed by atoms with Crippen molar-refractivity contribution in [3.8, 4) is 0 Å². The molecule has 16 heavy (non-hydrogen) atoms. The topological polar surface area (TPSA) is 49.7 Å². The fraction of sp³-hybridized carbons (Fsp3) is 0.846. The quantitative estimate of drug-likeness (QED) is 0.590. The molecule has 2 aliphatic rings. The van der Waals surface area contributed by atoms with E-state index in [9.17, 15) is 10.0 Å². The number of nitrogens with zero attached hydrogens (tertiary/aromatic N) is 1. The van der Waals surface area contributed by atoms with E-state index in [0.717, 1.165) is 37.7 Å². The lowest BCUT2D eigenvalue weighted by Gasteiger charge is -2.30. The molecule has 2 atom stereocenters. The minimum Gasteiger partial charge on any atom is -0.388 e. The summed E-state index contributed by atoms with van der Waals surface area (Å²) in [7, 11) is 0. The van der Waals surface area contributed by atoms with E-state index in [-0.39, 0.29) is 12.1 Å². The number of nitroso groups, excluding NO2 is 1. The molecule has 0 aromatic rings. The zero-order valence-electron chi connectivity index (χ0n) is 9.77. The van der Waals surface area contributed by atoms with Gasteiger partial charge in [0.2, 0.25) is 0 Å². The van der Waals surface area contributed by atoms with Gasteiger partial charge in [-0.3, -0.25) is 0 Å². The Balaban J connectivity index is 1.91. The average Bonchev–Trinajstić information content (AvgIpc) is 2.39. The number of hydrogen-bond acceptors (Lipinski definition) is 3. The van der Waals surface area contributed by atoms with Crippen LogP contribution in [-0.2, 0) is 0 Å². The Hall–Kier alpha value is -0.700. The molecule has 2 unspecified atom stereocenters. The lowest BCUT2D eigenvalue weighted by molar-refractivity contribution is 0.110. The number of aliphatic hydroxyl groups is 1. The van der Waals surface area contributed by atoms with E-state index in [1.165, 1.54) is 19.3 Å². The summed E-state index contributed by atoms with van der Waals surface area (Å²) >= 11 is 0. The zero-order chi connectivity index (χ0) is 11.4. The van der Waals surface area contributed by atoms with Crippen LogP contribution in [0, 0.1) is 10.8 Å². The first-order valence-corrected chi connectivity index (χ1v) is 6.50. The van der Waals surface area contributed by atoms with Crippen molar-refractivity contribution < 1.29 is 5.11 Å². The third-order valence-corrected chi connectivity index (χ3v) is 4.04. The molecule has 1 saturated carbocycles. The van der Waals surface area contributed by atoms with Gasteiger partial charge in [0.1, 0.15) is 0 Å². The molecular formula is C13H21NO2. The number of aliphatic hydroxyl groups excluding tert-OH is 1. The molecule has 0 heterocycles. The molecular weight excluding hydrogens is 202 g/mol. The molecule has 1 fully saturated rings. The molecule has 90 valence electrons. The predicted octanol–water partition coefficient (Wildman–Crippen LogP) is 3.17. The third-order valence-electron chi connectivity index (χ3n) is 4.04. The fourth-order valence-electron chi connectivity index (χ4n) is 2.96. The first-order chi connectivity index (χ1) is 7.81. The van der Waals surface area contributed by atoms with Crippen LogP contribution in [-0.4, -0.2) is 17.3 Å². The van der Waals surface area contributed by atoms with Gasteiger partial charge in [0.15, 0.2) is 0 Å². The lowest BCUT2D eigenvalue weighted by atomic mass is 9.79. The highest BCUT2D eigenvalue weighted by atomic mass is 16.3. The first-order valence-electron chi connectivity index (χ1n) is 6.50. The molecule has 0 bridgehead atoms. The van der Waals surface area contributed by atoms with Crippen molar-refractivity contribution in [2.75, 3.05) is 0 Å². The van der Waals surface area contributed by atoms with Crippen molar-refractivity contribution >= 4 is 0 Å². The number of rotatable bonds is 3. The molecule has 0 aromatic heterocycles. The Morgan fingerprint density at radius 1 is 1.25 bits per heavy atom. The lowest BCUT2D eigenvalue weighted by Crippen LogP contribution is -2.27. The Morgan fingerprint density at radius 3 is 2.56 bits per heavy atom. The van der Waals surface area contributed by atoms with Gasteiger partial charge >= 0.3 is 0 Å². The summed E-state index contributed by atoms with van der Waals surface area (Å²) in [6, 6.07) is -0.0534. The van der Waals surface area contributed by atoms with Crippen LogP contribution < -0.4 is 0 Å². The highest BCUT2D eigenvalue weighted by Gasteiger charge is 2.26. The molecule has 3 heteroatoms. The van der Waals surface area contributed by atoms with Crippen LogP contribution in [0.5, 0.6) is 0 Å². The predicted molar refractivity (Wildman–Crippen MR) is 64.1 cm³/mol. The normalized spacial score (nSPS) is 29.6. The van der Waals surface area contributed by atoms with Gasteiger partial charge in [0.05, 0.1) is 12.1 Å². The van der Waals surface area contributed by atoms with Crippen LogP contribution in [0.1, 0.15) is 51.4 Å². The minimum atomic E-state index is -0.257. The largest absolute Gasteiger partial charge is 0.388 e. The maximum Gasteiger partial charge on any atom is 0.0957 e. The summed E-state index contributed by atoms with van der Waals surface area (Å²) < 4.78 is 0. The van der Waals surface area contributed by atoms with Gasteiger partial charge in [0.25, 0.3) is 0 Å². The molecule has 3 nitrogen and oxygen atoms in total. The van der Waals surface area contributed by atoms with Gasteiger partial charge in [-0.15, -0.1) is 0 Å². The van der Waals surface area contributed by atoms with Crippen molar-refractivity contribution in [3.05, 3.63) is 16.6 Å². The Kier molecular flexibility index (Phi) is 4.10. The Morgan fingerprint density at radius 2 is 2.00 bits per heavy atom. The van der Waals surface area contributed by atoms with E-state index in [4.69, 9.17) is 0 Å². The second-order valence-electron chi connectivity index (χ2n) is 5.16. The first kappa shape index (κ1) is 11.8. The van der Waals surface area contributed by atoms with Gasteiger partial charge in [-0.25, -0.2) is 0 Å². The van der Waals surface area contributed by atoms with Crippen LogP contribution >= 0.6 is 0 Å². The van der Waals surface area contributed by atoms with Crippen molar-refractivity contribution in [1.29, 1.82) is 0 Å². The fourth-order valence-corrected chi connectivity index (χ4v) is 2.96. The minimum absolute atomic E-state index is 0.0534. The summed E-state index contributed by atoms with van der Waals surface area (Å²) in [6.45, 7) is 0. The Labute approximate surface area is 96.9 Å². The highest BCUT2D eigenvalue weighted by Crippen LogP contribution is 2.33. The van der Waals surface area contributed by atoms with E-state index >= 15 is 0 Å². The van der Waals surface area contributed by atoms with Crippen molar-refractivity contribution in [2.45, 2.75) is 63.5 Å². The molecule has 0 radical (unpaired) electrons. The summed E-state index contributed by atoms with van der Waals surface area (Å²) in [4.78, 5) is 10.4.